The fraction of sp³-hybridized carbons (Fsp3) is 0.385. The van der Waals surface area contributed by atoms with Crippen LogP contribution in [-0.2, 0) is 13.0 Å². The van der Waals surface area contributed by atoms with Gasteiger partial charge in [-0.3, -0.25) is 4.98 Å². The predicted octanol–water partition coefficient (Wildman–Crippen LogP) is 2.50. The molecule has 0 spiro atoms. The van der Waals surface area contributed by atoms with Gasteiger partial charge in [0.25, 0.3) is 0 Å². The number of imidazole rings is 1. The molecule has 2 N–H and O–H groups in total. The number of nitrogens with zero attached hydrogens (tertiary/aromatic N) is 3. The van der Waals surface area contributed by atoms with Gasteiger partial charge in [0.05, 0.1) is 0 Å². The lowest BCUT2D eigenvalue weighted by molar-refractivity contribution is 0.690. The normalized spacial score (nSPS) is 10.7. The number of hydrogen-bond donors (Lipinski definition) is 1. The van der Waals surface area contributed by atoms with Crippen molar-refractivity contribution in [3.05, 3.63) is 30.4 Å². The molecular formula is C13H18N4. The average Bonchev–Trinajstić information content (AvgIpc) is 2.67. The van der Waals surface area contributed by atoms with Gasteiger partial charge in [-0.25, -0.2) is 4.98 Å². The van der Waals surface area contributed by atoms with Crippen molar-refractivity contribution < 1.29 is 0 Å². The molecule has 2 heterocycles. The van der Waals surface area contributed by atoms with Gasteiger partial charge in [-0.15, -0.1) is 0 Å². The van der Waals surface area contributed by atoms with Gasteiger partial charge < -0.3 is 10.3 Å². The van der Waals surface area contributed by atoms with E-state index in [1.165, 1.54) is 0 Å². The lowest BCUT2D eigenvalue weighted by Crippen LogP contribution is -2.05. The Balaban J connectivity index is 2.49. The highest BCUT2D eigenvalue weighted by Gasteiger charge is 2.14. The monoisotopic (exact) mass is 230 g/mol. The van der Waals surface area contributed by atoms with E-state index in [1.807, 2.05) is 12.1 Å². The van der Waals surface area contributed by atoms with Crippen molar-refractivity contribution in [2.75, 3.05) is 5.73 Å². The molecule has 0 aliphatic carbocycles. The van der Waals surface area contributed by atoms with Gasteiger partial charge in [0.2, 0.25) is 0 Å². The number of anilines is 1. The highest BCUT2D eigenvalue weighted by atomic mass is 15.1. The van der Waals surface area contributed by atoms with Crippen molar-refractivity contribution in [1.82, 2.24) is 14.5 Å². The van der Waals surface area contributed by atoms with E-state index in [1.54, 1.807) is 12.4 Å². The van der Waals surface area contributed by atoms with Crippen molar-refractivity contribution >= 4 is 5.82 Å². The first-order chi connectivity index (χ1) is 8.27. The van der Waals surface area contributed by atoms with E-state index in [-0.39, 0.29) is 0 Å². The molecule has 0 atom stereocenters. The van der Waals surface area contributed by atoms with E-state index in [2.05, 4.69) is 28.4 Å². The average molecular weight is 230 g/mol. The largest absolute Gasteiger partial charge is 0.383 e. The molecule has 0 amide bonds. The Kier molecular flexibility index (Phi) is 3.42. The van der Waals surface area contributed by atoms with Crippen LogP contribution in [0.2, 0.25) is 0 Å². The Labute approximate surface area is 102 Å². The topological polar surface area (TPSA) is 56.7 Å². The van der Waals surface area contributed by atoms with E-state index in [4.69, 9.17) is 5.73 Å². The van der Waals surface area contributed by atoms with E-state index >= 15 is 0 Å². The van der Waals surface area contributed by atoms with Crippen LogP contribution in [0.25, 0.3) is 11.3 Å². The second-order valence-corrected chi connectivity index (χ2v) is 4.00. The van der Waals surface area contributed by atoms with Gasteiger partial charge in [-0.2, -0.15) is 0 Å². The molecule has 2 rings (SSSR count). The zero-order chi connectivity index (χ0) is 12.3. The standard InChI is InChI=1S/C13H18N4/c1-3-6-11-16-12(13(14)17(11)4-2)10-7-5-8-15-9-10/h5,7-9H,3-4,6,14H2,1-2H3. The summed E-state index contributed by atoms with van der Waals surface area (Å²) in [6, 6.07) is 3.89. The second-order valence-electron chi connectivity index (χ2n) is 4.00. The van der Waals surface area contributed by atoms with Crippen LogP contribution in [0.4, 0.5) is 5.82 Å². The zero-order valence-corrected chi connectivity index (χ0v) is 10.3. The maximum Gasteiger partial charge on any atom is 0.131 e. The van der Waals surface area contributed by atoms with Crippen LogP contribution in [-0.4, -0.2) is 14.5 Å². The van der Waals surface area contributed by atoms with Gasteiger partial charge in [0, 0.05) is 30.9 Å². The molecule has 17 heavy (non-hydrogen) atoms. The molecule has 0 unspecified atom stereocenters. The molecule has 2 aromatic rings. The molecule has 0 radical (unpaired) electrons. The Bertz CT molecular complexity index is 488. The molecule has 2 aromatic heterocycles. The number of aromatic nitrogens is 3. The van der Waals surface area contributed by atoms with Crippen molar-refractivity contribution in [3.63, 3.8) is 0 Å². The van der Waals surface area contributed by atoms with Crippen LogP contribution in [0.3, 0.4) is 0 Å². The lowest BCUT2D eigenvalue weighted by atomic mass is 10.2. The smallest absolute Gasteiger partial charge is 0.131 e. The van der Waals surface area contributed by atoms with E-state index < -0.39 is 0 Å². The molecule has 0 fully saturated rings. The fourth-order valence-electron chi connectivity index (χ4n) is 2.00. The highest BCUT2D eigenvalue weighted by molar-refractivity contribution is 5.70. The quantitative estimate of drug-likeness (QED) is 0.878. The SMILES string of the molecule is CCCc1nc(-c2cccnc2)c(N)n1CC. The van der Waals surface area contributed by atoms with Gasteiger partial charge in [-0.05, 0) is 25.5 Å². The third-order valence-electron chi connectivity index (χ3n) is 2.81. The minimum atomic E-state index is 0.740. The number of aryl methyl sites for hydroxylation is 1. The van der Waals surface area contributed by atoms with Gasteiger partial charge in [0.15, 0.2) is 0 Å². The number of rotatable bonds is 4. The summed E-state index contributed by atoms with van der Waals surface area (Å²) in [6.07, 6.45) is 5.58. The summed E-state index contributed by atoms with van der Waals surface area (Å²) < 4.78 is 2.08. The summed E-state index contributed by atoms with van der Waals surface area (Å²) in [6.45, 7) is 5.09. The Morgan fingerprint density at radius 2 is 2.18 bits per heavy atom. The minimum Gasteiger partial charge on any atom is -0.383 e. The molecule has 0 aliphatic heterocycles. The van der Waals surface area contributed by atoms with E-state index in [0.29, 0.717) is 0 Å². The Morgan fingerprint density at radius 1 is 1.35 bits per heavy atom. The molecular weight excluding hydrogens is 212 g/mol. The van der Waals surface area contributed by atoms with Gasteiger partial charge in [0.1, 0.15) is 17.3 Å². The van der Waals surface area contributed by atoms with Crippen molar-refractivity contribution in [2.24, 2.45) is 0 Å². The summed E-state index contributed by atoms with van der Waals surface area (Å²) in [5.74, 6) is 1.80. The minimum absolute atomic E-state index is 0.740. The Morgan fingerprint density at radius 3 is 2.76 bits per heavy atom. The van der Waals surface area contributed by atoms with Crippen LogP contribution >= 0.6 is 0 Å². The molecule has 4 nitrogen and oxygen atoms in total. The van der Waals surface area contributed by atoms with Gasteiger partial charge >= 0.3 is 0 Å². The number of pyridine rings is 1. The summed E-state index contributed by atoms with van der Waals surface area (Å²) in [4.78, 5) is 8.75. The first-order valence-electron chi connectivity index (χ1n) is 6.03. The van der Waals surface area contributed by atoms with Crippen LogP contribution in [0.1, 0.15) is 26.1 Å². The van der Waals surface area contributed by atoms with Crippen LogP contribution in [0.15, 0.2) is 24.5 Å². The molecule has 0 aliphatic rings. The lowest BCUT2D eigenvalue weighted by Gasteiger charge is -2.05. The molecule has 0 bridgehead atoms. The maximum atomic E-state index is 6.15. The summed E-state index contributed by atoms with van der Waals surface area (Å²) in [7, 11) is 0. The number of hydrogen-bond acceptors (Lipinski definition) is 3. The number of nitrogens with two attached hydrogens (primary N) is 1. The molecule has 90 valence electrons. The highest BCUT2D eigenvalue weighted by Crippen LogP contribution is 2.26. The summed E-state index contributed by atoms with van der Waals surface area (Å²) in [5, 5.41) is 0. The molecule has 0 saturated heterocycles. The first kappa shape index (κ1) is 11.6. The van der Waals surface area contributed by atoms with Crippen LogP contribution in [0, 0.1) is 0 Å². The summed E-state index contributed by atoms with van der Waals surface area (Å²) >= 11 is 0. The Hall–Kier alpha value is -1.84. The third-order valence-corrected chi connectivity index (χ3v) is 2.81. The van der Waals surface area contributed by atoms with Crippen LogP contribution in [0.5, 0.6) is 0 Å². The first-order valence-corrected chi connectivity index (χ1v) is 6.03. The van der Waals surface area contributed by atoms with Crippen LogP contribution < -0.4 is 5.73 Å². The van der Waals surface area contributed by atoms with E-state index in [9.17, 15) is 0 Å². The summed E-state index contributed by atoms with van der Waals surface area (Å²) in [5.41, 5.74) is 7.98. The second kappa shape index (κ2) is 4.99. The third kappa shape index (κ3) is 2.16. The van der Waals surface area contributed by atoms with Crippen molar-refractivity contribution in [1.29, 1.82) is 0 Å². The molecule has 4 heteroatoms. The predicted molar refractivity (Wildman–Crippen MR) is 69.5 cm³/mol. The van der Waals surface area contributed by atoms with Crippen molar-refractivity contribution in [2.45, 2.75) is 33.2 Å². The van der Waals surface area contributed by atoms with Crippen molar-refractivity contribution in [3.8, 4) is 11.3 Å². The molecule has 0 saturated carbocycles. The zero-order valence-electron chi connectivity index (χ0n) is 10.3. The van der Waals surface area contributed by atoms with E-state index in [0.717, 1.165) is 42.3 Å². The number of nitrogen functional groups attached to an aromatic ring is 1. The van der Waals surface area contributed by atoms with Gasteiger partial charge in [-0.1, -0.05) is 6.92 Å². The maximum absolute atomic E-state index is 6.15. The fourth-order valence-corrected chi connectivity index (χ4v) is 2.00. The molecule has 0 aromatic carbocycles.